The van der Waals surface area contributed by atoms with Crippen LogP contribution in [0.1, 0.15) is 11.5 Å². The monoisotopic (exact) mass is 541 g/mol. The van der Waals surface area contributed by atoms with Gasteiger partial charge in [-0.25, -0.2) is 14.6 Å². The minimum atomic E-state index is -5.23. The summed E-state index contributed by atoms with van der Waals surface area (Å²) in [4.78, 5) is 5.68. The number of halogens is 9. The van der Waals surface area contributed by atoms with Gasteiger partial charge < -0.3 is 5.73 Å². The van der Waals surface area contributed by atoms with E-state index in [-0.39, 0.29) is 15.7 Å². The first kappa shape index (κ1) is 20.2. The molecule has 1 aromatic carbocycles. The van der Waals surface area contributed by atoms with Gasteiger partial charge in [0.2, 0.25) is 5.82 Å². The van der Waals surface area contributed by atoms with Crippen LogP contribution in [0.5, 0.6) is 0 Å². The SMILES string of the molecule is Nc1c2c(C(F)(F)F)nc(C(F)(F)F)nc2nn1-c1c(Cl)cc(I)cc1Cl. The Morgan fingerprint density at radius 3 is 2.00 bits per heavy atom. The van der Waals surface area contributed by atoms with E-state index in [2.05, 4.69) is 15.1 Å². The summed E-state index contributed by atoms with van der Waals surface area (Å²) in [5, 5.41) is 2.72. The van der Waals surface area contributed by atoms with Crippen molar-refractivity contribution in [1.82, 2.24) is 19.7 Å². The van der Waals surface area contributed by atoms with Crippen LogP contribution in [0.25, 0.3) is 16.7 Å². The summed E-state index contributed by atoms with van der Waals surface area (Å²) in [7, 11) is 0. The summed E-state index contributed by atoms with van der Waals surface area (Å²) < 4.78 is 79.8. The summed E-state index contributed by atoms with van der Waals surface area (Å²) in [6.45, 7) is 0. The van der Waals surface area contributed by atoms with Gasteiger partial charge in [-0.05, 0) is 34.7 Å². The molecule has 3 aromatic rings. The van der Waals surface area contributed by atoms with Crippen LogP contribution in [0.2, 0.25) is 10.0 Å². The molecule has 0 bridgehead atoms. The Labute approximate surface area is 169 Å². The van der Waals surface area contributed by atoms with Gasteiger partial charge in [0, 0.05) is 3.57 Å². The maximum atomic E-state index is 13.3. The number of aromatic nitrogens is 4. The highest BCUT2D eigenvalue weighted by Crippen LogP contribution is 2.40. The van der Waals surface area contributed by atoms with Gasteiger partial charge in [0.15, 0.2) is 11.3 Å². The van der Waals surface area contributed by atoms with Gasteiger partial charge in [-0.2, -0.15) is 26.3 Å². The Morgan fingerprint density at radius 1 is 0.963 bits per heavy atom. The zero-order valence-electron chi connectivity index (χ0n) is 12.4. The number of benzene rings is 1. The average molecular weight is 542 g/mol. The number of nitrogens with zero attached hydrogens (tertiary/aromatic N) is 4. The lowest BCUT2D eigenvalue weighted by Crippen LogP contribution is -2.17. The van der Waals surface area contributed by atoms with Crippen LogP contribution in [0.4, 0.5) is 32.2 Å². The highest BCUT2D eigenvalue weighted by molar-refractivity contribution is 14.1. The van der Waals surface area contributed by atoms with E-state index in [1.54, 1.807) is 0 Å². The second-order valence-corrected chi connectivity index (χ2v) is 7.17. The van der Waals surface area contributed by atoms with Crippen molar-refractivity contribution in [3.8, 4) is 5.69 Å². The Balaban J connectivity index is 2.42. The fraction of sp³-hybridized carbons (Fsp3) is 0.154. The van der Waals surface area contributed by atoms with Crippen molar-refractivity contribution < 1.29 is 26.3 Å². The van der Waals surface area contributed by atoms with E-state index in [0.29, 0.717) is 8.25 Å². The molecule has 2 aromatic heterocycles. The molecule has 5 nitrogen and oxygen atoms in total. The molecule has 0 saturated heterocycles. The fourth-order valence-corrected chi connectivity index (χ4v) is 3.89. The summed E-state index contributed by atoms with van der Waals surface area (Å²) in [6.07, 6.45) is -10.5. The molecule has 0 radical (unpaired) electrons. The highest BCUT2D eigenvalue weighted by atomic mass is 127. The number of hydrogen-bond donors (Lipinski definition) is 1. The molecule has 144 valence electrons. The molecular weight excluding hydrogens is 538 g/mol. The number of hydrogen-bond acceptors (Lipinski definition) is 4. The fourth-order valence-electron chi connectivity index (χ4n) is 2.25. The van der Waals surface area contributed by atoms with E-state index in [1.165, 1.54) is 12.1 Å². The van der Waals surface area contributed by atoms with Crippen LogP contribution < -0.4 is 5.73 Å². The average Bonchev–Trinajstić information content (AvgIpc) is 2.80. The van der Waals surface area contributed by atoms with Gasteiger partial charge in [-0.1, -0.05) is 23.2 Å². The van der Waals surface area contributed by atoms with E-state index >= 15 is 0 Å². The molecule has 0 aliphatic heterocycles. The molecule has 0 atom stereocenters. The van der Waals surface area contributed by atoms with Gasteiger partial charge >= 0.3 is 12.4 Å². The Bertz CT molecular complexity index is 1040. The van der Waals surface area contributed by atoms with Gasteiger partial charge in [-0.15, -0.1) is 5.10 Å². The van der Waals surface area contributed by atoms with Crippen molar-refractivity contribution in [3.63, 3.8) is 0 Å². The molecule has 0 saturated carbocycles. The second-order valence-electron chi connectivity index (χ2n) is 5.11. The van der Waals surface area contributed by atoms with Gasteiger partial charge in [0.1, 0.15) is 11.5 Å². The number of anilines is 1. The minimum absolute atomic E-state index is 0.0241. The van der Waals surface area contributed by atoms with E-state index in [0.717, 1.165) is 0 Å². The summed E-state index contributed by atoms with van der Waals surface area (Å²) in [5.74, 6) is -2.65. The maximum Gasteiger partial charge on any atom is 0.451 e. The normalized spacial score (nSPS) is 12.8. The predicted octanol–water partition coefficient (Wildman–Crippen LogP) is 5.35. The van der Waals surface area contributed by atoms with E-state index in [9.17, 15) is 26.3 Å². The first-order valence-corrected chi connectivity index (χ1v) is 8.49. The Kier molecular flexibility index (Phi) is 4.87. The molecule has 0 spiro atoms. The van der Waals surface area contributed by atoms with Crippen LogP contribution in [0.15, 0.2) is 12.1 Å². The molecule has 27 heavy (non-hydrogen) atoms. The smallest absolute Gasteiger partial charge is 0.383 e. The highest BCUT2D eigenvalue weighted by Gasteiger charge is 2.43. The molecule has 3 rings (SSSR count). The Morgan fingerprint density at radius 2 is 1.52 bits per heavy atom. The van der Waals surface area contributed by atoms with E-state index in [4.69, 9.17) is 28.9 Å². The molecule has 0 aliphatic rings. The van der Waals surface area contributed by atoms with Crippen molar-refractivity contribution in [3.05, 3.63) is 37.3 Å². The molecule has 0 amide bonds. The summed E-state index contributed by atoms with van der Waals surface area (Å²) in [6, 6.07) is 2.85. The van der Waals surface area contributed by atoms with Crippen LogP contribution >= 0.6 is 45.8 Å². The lowest BCUT2D eigenvalue weighted by Gasteiger charge is -2.11. The molecule has 2 N–H and O–H groups in total. The lowest BCUT2D eigenvalue weighted by molar-refractivity contribution is -0.151. The Hall–Kier alpha value is -1.54. The third kappa shape index (κ3) is 3.61. The number of fused-ring (bicyclic) bond motifs is 1. The quantitative estimate of drug-likeness (QED) is 0.333. The van der Waals surface area contributed by atoms with Crippen LogP contribution in [-0.4, -0.2) is 19.7 Å². The zero-order chi connectivity index (χ0) is 20.3. The van der Waals surface area contributed by atoms with Crippen molar-refractivity contribution in [2.24, 2.45) is 0 Å². The standard InChI is InChI=1S/C13H4Cl2F6IN5/c14-4-1-3(22)2-5(15)7(4)27-9(23)6-8(12(16,17)18)24-11(13(19,20)21)25-10(6)26-27/h1-2H,23H2. The summed E-state index contributed by atoms with van der Waals surface area (Å²) in [5.41, 5.74) is 2.87. The first-order chi connectivity index (χ1) is 12.3. The van der Waals surface area contributed by atoms with Gasteiger partial charge in [0.05, 0.1) is 15.4 Å². The number of nitrogen functional groups attached to an aromatic ring is 1. The number of alkyl halides is 6. The largest absolute Gasteiger partial charge is 0.451 e. The van der Waals surface area contributed by atoms with Crippen LogP contribution in [-0.2, 0) is 12.4 Å². The first-order valence-electron chi connectivity index (χ1n) is 6.66. The van der Waals surface area contributed by atoms with Crippen molar-refractivity contribution >= 4 is 62.6 Å². The van der Waals surface area contributed by atoms with Gasteiger partial charge in [-0.3, -0.25) is 0 Å². The molecule has 0 aliphatic carbocycles. The number of rotatable bonds is 1. The third-order valence-corrected chi connectivity index (χ3v) is 4.48. The second kappa shape index (κ2) is 6.51. The van der Waals surface area contributed by atoms with Crippen molar-refractivity contribution in [2.75, 3.05) is 5.73 Å². The van der Waals surface area contributed by atoms with Crippen molar-refractivity contribution in [2.45, 2.75) is 12.4 Å². The molecule has 14 heteroatoms. The number of nitrogens with two attached hydrogens (primary N) is 1. The molecule has 0 unspecified atom stereocenters. The van der Waals surface area contributed by atoms with E-state index < -0.39 is 40.7 Å². The topological polar surface area (TPSA) is 69.6 Å². The zero-order valence-corrected chi connectivity index (χ0v) is 16.1. The molecular formula is C13H4Cl2F6IN5. The maximum absolute atomic E-state index is 13.3. The summed E-state index contributed by atoms with van der Waals surface area (Å²) >= 11 is 14.0. The van der Waals surface area contributed by atoms with Crippen molar-refractivity contribution in [1.29, 1.82) is 0 Å². The minimum Gasteiger partial charge on any atom is -0.383 e. The van der Waals surface area contributed by atoms with E-state index in [1.807, 2.05) is 22.6 Å². The molecule has 2 heterocycles. The predicted molar refractivity (Wildman–Crippen MR) is 93.8 cm³/mol. The lowest BCUT2D eigenvalue weighted by atomic mass is 10.2. The van der Waals surface area contributed by atoms with Crippen LogP contribution in [0.3, 0.4) is 0 Å². The molecule has 0 fully saturated rings. The van der Waals surface area contributed by atoms with Gasteiger partial charge in [0.25, 0.3) is 0 Å². The third-order valence-electron chi connectivity index (χ3n) is 3.28. The van der Waals surface area contributed by atoms with Crippen LogP contribution in [0, 0.1) is 3.57 Å².